The van der Waals surface area contributed by atoms with E-state index < -0.39 is 0 Å². The molecule has 2 unspecified atom stereocenters. The Morgan fingerprint density at radius 1 is 1.69 bits per heavy atom. The molecule has 67 valence electrons. The zero-order valence-corrected chi connectivity index (χ0v) is 9.58. The number of carbonyl (C=O) groups is 1. The molecule has 1 aliphatic carbocycles. The zero-order valence-electron chi connectivity index (χ0n) is 7.16. The normalized spacial score (nSPS) is 25.6. The first-order valence-electron chi connectivity index (χ1n) is 4.24. The molecule has 2 rings (SSSR count). The SMILES string of the molecule is NC(=O)C1c2cc[c]cc2C[C@@H]1[AsH2]. The van der Waals surface area contributed by atoms with E-state index in [1.54, 1.807) is 16.9 Å². The van der Waals surface area contributed by atoms with Crippen LogP contribution in [0.15, 0.2) is 18.2 Å². The molecule has 1 aliphatic rings. The minimum atomic E-state index is -0.195. The van der Waals surface area contributed by atoms with Crippen molar-refractivity contribution in [1.29, 1.82) is 0 Å². The van der Waals surface area contributed by atoms with Crippen LogP contribution in [0, 0.1) is 6.07 Å². The second-order valence-electron chi connectivity index (χ2n) is 3.37. The summed E-state index contributed by atoms with van der Waals surface area (Å²) >= 11 is 1.60. The number of carbonyl (C=O) groups excluding carboxylic acids is 1. The maximum absolute atomic E-state index is 11.2. The van der Waals surface area contributed by atoms with Gasteiger partial charge in [0.1, 0.15) is 0 Å². The summed E-state index contributed by atoms with van der Waals surface area (Å²) in [5, 5.41) is 0. The Kier molecular flexibility index (Phi) is 2.17. The molecule has 1 radical (unpaired) electrons. The average molecular weight is 236 g/mol. The van der Waals surface area contributed by atoms with Crippen molar-refractivity contribution < 1.29 is 4.79 Å². The van der Waals surface area contributed by atoms with Crippen LogP contribution >= 0.6 is 0 Å². The van der Waals surface area contributed by atoms with Gasteiger partial charge in [-0.15, -0.1) is 0 Å². The van der Waals surface area contributed by atoms with Gasteiger partial charge in [0.25, 0.3) is 0 Å². The van der Waals surface area contributed by atoms with E-state index in [0.717, 1.165) is 12.0 Å². The fourth-order valence-corrected chi connectivity index (χ4v) is 3.29. The summed E-state index contributed by atoms with van der Waals surface area (Å²) < 4.78 is 0.399. The molecule has 13 heavy (non-hydrogen) atoms. The predicted octanol–water partition coefficient (Wildman–Crippen LogP) is 0.0334. The molecule has 0 saturated heterocycles. The van der Waals surface area contributed by atoms with Crippen LogP contribution in [0.4, 0.5) is 0 Å². The number of rotatable bonds is 1. The summed E-state index contributed by atoms with van der Waals surface area (Å²) in [7, 11) is 0. The van der Waals surface area contributed by atoms with Gasteiger partial charge in [0.15, 0.2) is 0 Å². The van der Waals surface area contributed by atoms with Crippen LogP contribution in [0.2, 0.25) is 4.71 Å². The van der Waals surface area contributed by atoms with Gasteiger partial charge >= 0.3 is 85.7 Å². The molecular formula is C10H11AsNO. The summed E-state index contributed by atoms with van der Waals surface area (Å²) in [5.74, 6) is -0.260. The molecule has 0 saturated carbocycles. The second kappa shape index (κ2) is 3.19. The molecule has 0 aliphatic heterocycles. The van der Waals surface area contributed by atoms with E-state index in [4.69, 9.17) is 5.73 Å². The van der Waals surface area contributed by atoms with Crippen molar-refractivity contribution in [1.82, 2.24) is 0 Å². The average Bonchev–Trinajstić information content (AvgIpc) is 2.39. The van der Waals surface area contributed by atoms with E-state index in [1.807, 2.05) is 18.2 Å². The molecule has 3 heteroatoms. The van der Waals surface area contributed by atoms with Gasteiger partial charge in [-0.2, -0.15) is 0 Å². The van der Waals surface area contributed by atoms with Gasteiger partial charge < -0.3 is 0 Å². The first-order valence-corrected chi connectivity index (χ1v) is 5.64. The molecule has 0 heterocycles. The molecule has 1 amide bonds. The Morgan fingerprint density at radius 3 is 3.15 bits per heavy atom. The Morgan fingerprint density at radius 2 is 2.46 bits per heavy atom. The Bertz CT molecular complexity index is 351. The Balaban J connectivity index is 2.46. The van der Waals surface area contributed by atoms with Crippen LogP contribution in [0.25, 0.3) is 0 Å². The van der Waals surface area contributed by atoms with E-state index in [0.29, 0.717) is 4.71 Å². The topological polar surface area (TPSA) is 43.1 Å². The van der Waals surface area contributed by atoms with Gasteiger partial charge in [-0.1, -0.05) is 0 Å². The Hall–Kier alpha value is -0.752. The van der Waals surface area contributed by atoms with Crippen molar-refractivity contribution in [2.75, 3.05) is 0 Å². The third-order valence-electron chi connectivity index (χ3n) is 2.51. The van der Waals surface area contributed by atoms with E-state index in [2.05, 4.69) is 6.07 Å². The number of primary amides is 1. The van der Waals surface area contributed by atoms with Gasteiger partial charge in [-0.3, -0.25) is 0 Å². The van der Waals surface area contributed by atoms with Crippen LogP contribution in [0.3, 0.4) is 0 Å². The van der Waals surface area contributed by atoms with Gasteiger partial charge in [0.2, 0.25) is 0 Å². The molecule has 3 atom stereocenters. The van der Waals surface area contributed by atoms with Crippen molar-refractivity contribution in [2.45, 2.75) is 17.0 Å². The predicted molar refractivity (Wildman–Crippen MR) is 53.2 cm³/mol. The fourth-order valence-electron chi connectivity index (χ4n) is 1.92. The number of hydrogen-bond donors (Lipinski definition) is 1. The number of benzene rings is 1. The van der Waals surface area contributed by atoms with E-state index >= 15 is 0 Å². The monoisotopic (exact) mass is 236 g/mol. The molecule has 0 aromatic heterocycles. The van der Waals surface area contributed by atoms with Crippen LogP contribution in [-0.2, 0) is 11.2 Å². The number of amides is 1. The molecule has 2 N–H and O–H groups in total. The van der Waals surface area contributed by atoms with Crippen LogP contribution in [0.1, 0.15) is 17.0 Å². The summed E-state index contributed by atoms with van der Waals surface area (Å²) in [5.41, 5.74) is 7.71. The fraction of sp³-hybridized carbons (Fsp3) is 0.300. The van der Waals surface area contributed by atoms with E-state index in [9.17, 15) is 4.79 Å². The van der Waals surface area contributed by atoms with Crippen molar-refractivity contribution in [3.8, 4) is 0 Å². The van der Waals surface area contributed by atoms with E-state index in [-0.39, 0.29) is 11.8 Å². The summed E-state index contributed by atoms with van der Waals surface area (Å²) in [6.07, 6.45) is 0.972. The molecule has 1 aromatic rings. The molecule has 2 nitrogen and oxygen atoms in total. The third-order valence-corrected chi connectivity index (χ3v) is 3.81. The third kappa shape index (κ3) is 1.40. The number of hydrogen-bond acceptors (Lipinski definition) is 1. The van der Waals surface area contributed by atoms with Crippen molar-refractivity contribution in [3.05, 3.63) is 35.4 Å². The summed E-state index contributed by atoms with van der Waals surface area (Å²) in [6, 6.07) is 8.80. The van der Waals surface area contributed by atoms with Gasteiger partial charge in [-0.05, 0) is 0 Å². The van der Waals surface area contributed by atoms with E-state index in [1.165, 1.54) is 5.56 Å². The Labute approximate surface area is 86.0 Å². The van der Waals surface area contributed by atoms with Crippen molar-refractivity contribution in [3.63, 3.8) is 0 Å². The maximum atomic E-state index is 11.2. The minimum absolute atomic E-state index is 0.0652. The van der Waals surface area contributed by atoms with Crippen molar-refractivity contribution in [2.24, 2.45) is 5.73 Å². The molecule has 1 aromatic carbocycles. The summed E-state index contributed by atoms with van der Waals surface area (Å²) in [4.78, 5) is 11.2. The van der Waals surface area contributed by atoms with Gasteiger partial charge in [-0.25, -0.2) is 0 Å². The van der Waals surface area contributed by atoms with Crippen molar-refractivity contribution >= 4 is 22.8 Å². The first kappa shape index (κ1) is 8.83. The van der Waals surface area contributed by atoms with Gasteiger partial charge in [0, 0.05) is 0 Å². The molecule has 0 spiro atoms. The van der Waals surface area contributed by atoms with Crippen LogP contribution in [0.5, 0.6) is 0 Å². The summed E-state index contributed by atoms with van der Waals surface area (Å²) in [6.45, 7) is 0. The van der Waals surface area contributed by atoms with Gasteiger partial charge in [0.05, 0.1) is 0 Å². The molecule has 0 fully saturated rings. The zero-order chi connectivity index (χ0) is 9.42. The molecule has 0 bridgehead atoms. The number of fused-ring (bicyclic) bond motifs is 1. The standard InChI is InChI=1S/C10H11AsNO/c11-8-5-6-3-1-2-4-7(6)9(8)10(12)13/h2-4,8-9H,5,11H2,(H2,12,13)/t8-,9?/m0/s1. The quantitative estimate of drug-likeness (QED) is 0.687. The van der Waals surface area contributed by atoms with Crippen LogP contribution in [-0.4, -0.2) is 22.8 Å². The first-order chi connectivity index (χ1) is 6.20. The molecular weight excluding hydrogens is 225 g/mol. The number of nitrogens with two attached hydrogens (primary N) is 1. The second-order valence-corrected chi connectivity index (χ2v) is 5.17. The van der Waals surface area contributed by atoms with Crippen LogP contribution < -0.4 is 5.73 Å².